The van der Waals surface area contributed by atoms with E-state index in [1.807, 2.05) is 26.0 Å². The summed E-state index contributed by atoms with van der Waals surface area (Å²) < 4.78 is 0. The minimum atomic E-state index is -0.181. The van der Waals surface area contributed by atoms with Crippen molar-refractivity contribution < 1.29 is 5.11 Å². The summed E-state index contributed by atoms with van der Waals surface area (Å²) >= 11 is 0. The van der Waals surface area contributed by atoms with Gasteiger partial charge in [-0.05, 0) is 36.8 Å². The normalized spacial score (nSPS) is 10.7. The highest BCUT2D eigenvalue weighted by molar-refractivity contribution is 5.43. The Balaban J connectivity index is 2.36. The zero-order chi connectivity index (χ0) is 16.8. The average molecular weight is 311 g/mol. The molecule has 0 aliphatic carbocycles. The van der Waals surface area contributed by atoms with E-state index in [4.69, 9.17) is 0 Å². The number of H-pyrrole nitrogens is 1. The molecule has 1 aromatic heterocycles. The van der Waals surface area contributed by atoms with Crippen molar-refractivity contribution in [3.8, 4) is 5.75 Å². The molecule has 1 heterocycles. The van der Waals surface area contributed by atoms with Gasteiger partial charge in [-0.15, -0.1) is 6.58 Å². The van der Waals surface area contributed by atoms with E-state index in [1.54, 1.807) is 0 Å². The zero-order valence-corrected chi connectivity index (χ0v) is 14.0. The Kier molecular flexibility index (Phi) is 5.80. The third-order valence-corrected chi connectivity index (χ3v) is 4.19. The number of aromatic amines is 1. The van der Waals surface area contributed by atoms with Crippen LogP contribution in [0.2, 0.25) is 0 Å². The Bertz CT molecular complexity index is 744. The van der Waals surface area contributed by atoms with E-state index in [9.17, 15) is 9.90 Å². The molecule has 0 fully saturated rings. The van der Waals surface area contributed by atoms with E-state index in [0.717, 1.165) is 29.7 Å². The molecule has 0 unspecified atom stereocenters. The molecule has 0 spiro atoms. The molecule has 2 N–H and O–H groups in total. The van der Waals surface area contributed by atoms with E-state index in [1.165, 1.54) is 5.56 Å². The molecule has 0 amide bonds. The van der Waals surface area contributed by atoms with Gasteiger partial charge in [0.05, 0.1) is 5.56 Å². The molecule has 1 aromatic carbocycles. The highest BCUT2D eigenvalue weighted by atomic mass is 16.3. The molecule has 3 heteroatoms. The first-order chi connectivity index (χ1) is 11.1. The number of benzene rings is 1. The van der Waals surface area contributed by atoms with Crippen molar-refractivity contribution in [2.45, 2.75) is 46.0 Å². The van der Waals surface area contributed by atoms with Crippen LogP contribution in [0, 0.1) is 0 Å². The fourth-order valence-electron chi connectivity index (χ4n) is 2.95. The molecule has 2 aromatic rings. The second-order valence-electron chi connectivity index (χ2n) is 5.77. The van der Waals surface area contributed by atoms with Gasteiger partial charge in [0.15, 0.2) is 0 Å². The lowest BCUT2D eigenvalue weighted by Gasteiger charge is -2.13. The van der Waals surface area contributed by atoms with E-state index in [2.05, 4.69) is 29.8 Å². The fraction of sp³-hybridized carbons (Fsp3) is 0.350. The van der Waals surface area contributed by atoms with Gasteiger partial charge < -0.3 is 10.1 Å². The Morgan fingerprint density at radius 1 is 1.17 bits per heavy atom. The predicted molar refractivity (Wildman–Crippen MR) is 95.2 cm³/mol. The van der Waals surface area contributed by atoms with Crippen molar-refractivity contribution in [1.82, 2.24) is 4.98 Å². The van der Waals surface area contributed by atoms with Gasteiger partial charge in [-0.3, -0.25) is 4.79 Å². The minimum Gasteiger partial charge on any atom is -0.507 e. The number of hydrogen-bond donors (Lipinski definition) is 2. The first-order valence-corrected chi connectivity index (χ1v) is 8.25. The predicted octanol–water partition coefficient (Wildman–Crippen LogP) is 3.91. The molecule has 3 nitrogen and oxygen atoms in total. The molecule has 0 aliphatic rings. The van der Waals surface area contributed by atoms with Crippen LogP contribution in [-0.4, -0.2) is 10.1 Å². The molecule has 0 radical (unpaired) electrons. The molecule has 2 rings (SSSR count). The third kappa shape index (κ3) is 3.92. The molecule has 122 valence electrons. The summed E-state index contributed by atoms with van der Waals surface area (Å²) in [6, 6.07) is 8.36. The van der Waals surface area contributed by atoms with Crippen LogP contribution in [0.4, 0.5) is 0 Å². The molecule has 0 saturated carbocycles. The third-order valence-electron chi connectivity index (χ3n) is 4.19. The number of rotatable bonds is 7. The first kappa shape index (κ1) is 17.1. The Morgan fingerprint density at radius 3 is 2.52 bits per heavy atom. The van der Waals surface area contributed by atoms with E-state index in [0.29, 0.717) is 24.8 Å². The molecule has 0 aliphatic heterocycles. The van der Waals surface area contributed by atoms with Gasteiger partial charge >= 0.3 is 0 Å². The van der Waals surface area contributed by atoms with Gasteiger partial charge in [0.1, 0.15) is 5.75 Å². The lowest BCUT2D eigenvalue weighted by molar-refractivity contribution is 0.458. The van der Waals surface area contributed by atoms with E-state index in [-0.39, 0.29) is 11.3 Å². The Morgan fingerprint density at radius 2 is 1.87 bits per heavy atom. The summed E-state index contributed by atoms with van der Waals surface area (Å²) in [5, 5.41) is 10.4. The summed E-state index contributed by atoms with van der Waals surface area (Å²) in [6.07, 6.45) is 5.69. The van der Waals surface area contributed by atoms with Crippen LogP contribution < -0.4 is 5.56 Å². The van der Waals surface area contributed by atoms with Crippen molar-refractivity contribution in [3.63, 3.8) is 0 Å². The van der Waals surface area contributed by atoms with E-state index < -0.39 is 0 Å². The number of aryl methyl sites for hydroxylation is 1. The number of pyridine rings is 1. The number of nitrogens with one attached hydrogen (secondary N) is 1. The molecule has 0 saturated heterocycles. The lowest BCUT2D eigenvalue weighted by atomic mass is 9.98. The van der Waals surface area contributed by atoms with Crippen LogP contribution in [-0.2, 0) is 25.7 Å². The summed E-state index contributed by atoms with van der Waals surface area (Å²) in [5.41, 5.74) is 4.36. The quantitative estimate of drug-likeness (QED) is 0.762. The van der Waals surface area contributed by atoms with Crippen LogP contribution in [0.15, 0.2) is 41.7 Å². The number of aromatic nitrogens is 1. The van der Waals surface area contributed by atoms with Crippen LogP contribution in [0.1, 0.15) is 48.2 Å². The molecular formula is C20H25NO2. The van der Waals surface area contributed by atoms with Gasteiger partial charge in [0.2, 0.25) is 0 Å². The van der Waals surface area contributed by atoms with Crippen molar-refractivity contribution in [2.75, 3.05) is 0 Å². The average Bonchev–Trinajstić information content (AvgIpc) is 2.54. The van der Waals surface area contributed by atoms with Gasteiger partial charge in [-0.25, -0.2) is 0 Å². The molecule has 0 bridgehead atoms. The summed E-state index contributed by atoms with van der Waals surface area (Å²) in [6.45, 7) is 7.64. The maximum absolute atomic E-state index is 12.1. The van der Waals surface area contributed by atoms with Crippen LogP contribution in [0.5, 0.6) is 5.75 Å². The Hall–Kier alpha value is -2.29. The zero-order valence-electron chi connectivity index (χ0n) is 14.0. The van der Waals surface area contributed by atoms with Crippen molar-refractivity contribution in [1.29, 1.82) is 0 Å². The molecule has 0 atom stereocenters. The van der Waals surface area contributed by atoms with Gasteiger partial charge in [0.25, 0.3) is 5.56 Å². The largest absolute Gasteiger partial charge is 0.507 e. The van der Waals surface area contributed by atoms with Crippen LogP contribution >= 0.6 is 0 Å². The van der Waals surface area contributed by atoms with Crippen molar-refractivity contribution in [2.24, 2.45) is 0 Å². The smallest absolute Gasteiger partial charge is 0.255 e. The maximum atomic E-state index is 12.1. The fourth-order valence-corrected chi connectivity index (χ4v) is 2.95. The minimum absolute atomic E-state index is 0.163. The highest BCUT2D eigenvalue weighted by Gasteiger charge is 2.15. The van der Waals surface area contributed by atoms with Gasteiger partial charge in [-0.1, -0.05) is 44.2 Å². The summed E-state index contributed by atoms with van der Waals surface area (Å²) in [7, 11) is 0. The van der Waals surface area contributed by atoms with Crippen LogP contribution in [0.25, 0.3) is 0 Å². The highest BCUT2D eigenvalue weighted by Crippen LogP contribution is 2.25. The number of allylic oxidation sites excluding steroid dienone is 1. The SMILES string of the molecule is C=CCCc1cccc(Cc2[nH]c(=O)c(CC)c(O)c2CC)c1. The van der Waals surface area contributed by atoms with Crippen molar-refractivity contribution in [3.05, 3.63) is 75.2 Å². The lowest BCUT2D eigenvalue weighted by Crippen LogP contribution is -2.17. The van der Waals surface area contributed by atoms with Crippen LogP contribution in [0.3, 0.4) is 0 Å². The van der Waals surface area contributed by atoms with Crippen molar-refractivity contribution >= 4 is 0 Å². The monoisotopic (exact) mass is 311 g/mol. The number of hydrogen-bond acceptors (Lipinski definition) is 2. The van der Waals surface area contributed by atoms with E-state index >= 15 is 0 Å². The Labute approximate surface area is 137 Å². The van der Waals surface area contributed by atoms with Gasteiger partial charge in [0, 0.05) is 17.7 Å². The summed E-state index contributed by atoms with van der Waals surface area (Å²) in [5.74, 6) is 0.163. The standard InChI is InChI=1S/C20H25NO2/c1-4-7-9-14-10-8-11-15(12-14)13-18-16(5-2)19(22)17(6-3)20(23)21-18/h4,8,10-12H,1,5-7,9,13H2,2-3H3,(H2,21,22,23). The second kappa shape index (κ2) is 7.82. The number of aromatic hydroxyl groups is 1. The first-order valence-electron chi connectivity index (χ1n) is 8.25. The maximum Gasteiger partial charge on any atom is 0.255 e. The molecular weight excluding hydrogens is 286 g/mol. The topological polar surface area (TPSA) is 53.1 Å². The summed E-state index contributed by atoms with van der Waals surface area (Å²) in [4.78, 5) is 15.1. The van der Waals surface area contributed by atoms with Gasteiger partial charge in [-0.2, -0.15) is 0 Å². The second-order valence-corrected chi connectivity index (χ2v) is 5.77. The molecule has 23 heavy (non-hydrogen) atoms.